The summed E-state index contributed by atoms with van der Waals surface area (Å²) in [6, 6.07) is 1.42. The molecule has 0 spiro atoms. The van der Waals surface area contributed by atoms with Crippen molar-refractivity contribution in [3.63, 3.8) is 0 Å². The molecule has 0 radical (unpaired) electrons. The number of carboxylic acids is 1. The molecule has 1 aromatic carbocycles. The van der Waals surface area contributed by atoms with Crippen molar-refractivity contribution in [2.24, 2.45) is 11.7 Å². The van der Waals surface area contributed by atoms with E-state index in [9.17, 15) is 31.1 Å². The molecule has 4 N–H and O–H groups in total. The molecule has 1 aliphatic rings. The molecule has 0 bridgehead atoms. The van der Waals surface area contributed by atoms with Crippen LogP contribution < -0.4 is 5.73 Å². The van der Waals surface area contributed by atoms with Gasteiger partial charge in [-0.05, 0) is 24.8 Å². The lowest BCUT2D eigenvalue weighted by molar-refractivity contribution is -0.157. The second kappa shape index (κ2) is 7.51. The lowest BCUT2D eigenvalue weighted by Gasteiger charge is -2.31. The highest BCUT2D eigenvalue weighted by atomic mass is 19.4. The van der Waals surface area contributed by atoms with Crippen molar-refractivity contribution < 1.29 is 36.2 Å². The fourth-order valence-corrected chi connectivity index (χ4v) is 3.71. The van der Waals surface area contributed by atoms with Gasteiger partial charge in [-0.15, -0.1) is 0 Å². The van der Waals surface area contributed by atoms with E-state index in [0.29, 0.717) is 0 Å². The molecule has 2 aromatic rings. The van der Waals surface area contributed by atoms with Gasteiger partial charge in [0.15, 0.2) is 5.82 Å². The molecule has 5 nitrogen and oxygen atoms in total. The van der Waals surface area contributed by atoms with Crippen molar-refractivity contribution in [3.8, 4) is 0 Å². The standard InChI is InChI=1S/C18H19F6N3O2/c19-12-9(10(16(28)29)7-18(22,23)24)1-2-11-14(12)27-15(26-11)13(25)8-3-5-17(20,21)6-4-8/h1-2,8,10,13H,3-7,25H2,(H,26,27)(H,28,29)/t10-,13-/m0/s1. The topological polar surface area (TPSA) is 92.0 Å². The lowest BCUT2D eigenvalue weighted by Crippen LogP contribution is -2.31. The number of aromatic nitrogens is 2. The first-order valence-corrected chi connectivity index (χ1v) is 8.99. The van der Waals surface area contributed by atoms with Crippen LogP contribution in [-0.2, 0) is 4.79 Å². The van der Waals surface area contributed by atoms with E-state index in [1.54, 1.807) is 0 Å². The Hall–Kier alpha value is -2.30. The summed E-state index contributed by atoms with van der Waals surface area (Å²) in [5.41, 5.74) is 5.27. The Morgan fingerprint density at radius 1 is 1.31 bits per heavy atom. The van der Waals surface area contributed by atoms with Crippen LogP contribution >= 0.6 is 0 Å². The fourth-order valence-electron chi connectivity index (χ4n) is 3.71. The zero-order chi connectivity index (χ0) is 21.6. The maximum Gasteiger partial charge on any atom is 0.390 e. The Morgan fingerprint density at radius 3 is 2.48 bits per heavy atom. The van der Waals surface area contributed by atoms with E-state index in [-0.39, 0.29) is 48.5 Å². The molecule has 0 aliphatic heterocycles. The Balaban J connectivity index is 1.91. The zero-order valence-electron chi connectivity index (χ0n) is 15.1. The van der Waals surface area contributed by atoms with Crippen LogP contribution in [0.25, 0.3) is 11.0 Å². The number of alkyl halides is 5. The smallest absolute Gasteiger partial charge is 0.390 e. The van der Waals surface area contributed by atoms with Gasteiger partial charge in [-0.2, -0.15) is 13.2 Å². The minimum absolute atomic E-state index is 0.119. The minimum atomic E-state index is -4.80. The van der Waals surface area contributed by atoms with Crippen molar-refractivity contribution in [2.75, 3.05) is 0 Å². The summed E-state index contributed by atoms with van der Waals surface area (Å²) < 4.78 is 79.5. The van der Waals surface area contributed by atoms with Crippen LogP contribution in [0.2, 0.25) is 0 Å². The molecule has 1 heterocycles. The molecule has 2 atom stereocenters. The second-order valence-electron chi connectivity index (χ2n) is 7.42. The molecule has 0 amide bonds. The van der Waals surface area contributed by atoms with Crippen LogP contribution in [-0.4, -0.2) is 33.1 Å². The van der Waals surface area contributed by atoms with Crippen molar-refractivity contribution in [1.82, 2.24) is 9.97 Å². The number of imidazole rings is 1. The number of hydrogen-bond donors (Lipinski definition) is 3. The molecular formula is C18H19F6N3O2. The molecule has 0 saturated heterocycles. The molecular weight excluding hydrogens is 404 g/mol. The largest absolute Gasteiger partial charge is 0.481 e. The molecule has 1 aromatic heterocycles. The summed E-state index contributed by atoms with van der Waals surface area (Å²) in [7, 11) is 0. The number of nitrogens with two attached hydrogens (primary N) is 1. The third kappa shape index (κ3) is 4.65. The summed E-state index contributed by atoms with van der Waals surface area (Å²) in [6.45, 7) is 0. The van der Waals surface area contributed by atoms with Crippen LogP contribution in [0, 0.1) is 11.7 Å². The van der Waals surface area contributed by atoms with Crippen LogP contribution in [0.1, 0.15) is 55.5 Å². The number of halogens is 6. The Morgan fingerprint density at radius 2 is 1.93 bits per heavy atom. The highest BCUT2D eigenvalue weighted by molar-refractivity contribution is 5.81. The molecule has 3 rings (SSSR count). The number of hydrogen-bond acceptors (Lipinski definition) is 3. The van der Waals surface area contributed by atoms with Gasteiger partial charge in [0.2, 0.25) is 5.92 Å². The van der Waals surface area contributed by atoms with Gasteiger partial charge in [-0.3, -0.25) is 4.79 Å². The summed E-state index contributed by atoms with van der Waals surface area (Å²) in [5.74, 6) is -8.03. The third-order valence-corrected chi connectivity index (χ3v) is 5.34. The minimum Gasteiger partial charge on any atom is -0.481 e. The zero-order valence-corrected chi connectivity index (χ0v) is 15.1. The molecule has 1 fully saturated rings. The Kier molecular flexibility index (Phi) is 5.54. The SMILES string of the molecule is N[C@H](c1nc2c(F)c([C@H](CC(F)(F)F)C(=O)O)ccc2[nH]1)C1CCC(F)(F)CC1. The van der Waals surface area contributed by atoms with E-state index in [1.165, 1.54) is 6.07 Å². The van der Waals surface area contributed by atoms with Gasteiger partial charge < -0.3 is 15.8 Å². The Labute approximate surface area is 161 Å². The second-order valence-corrected chi connectivity index (χ2v) is 7.42. The average molecular weight is 423 g/mol. The molecule has 29 heavy (non-hydrogen) atoms. The van der Waals surface area contributed by atoms with Crippen molar-refractivity contribution >= 4 is 17.0 Å². The first kappa shape index (κ1) is 21.4. The summed E-state index contributed by atoms with van der Waals surface area (Å²) in [5, 5.41) is 9.12. The highest BCUT2D eigenvalue weighted by Gasteiger charge is 2.39. The maximum absolute atomic E-state index is 14.8. The molecule has 160 valence electrons. The quantitative estimate of drug-likeness (QED) is 0.611. The van der Waals surface area contributed by atoms with Gasteiger partial charge >= 0.3 is 12.1 Å². The van der Waals surface area contributed by atoms with E-state index in [0.717, 1.165) is 6.07 Å². The number of nitrogens with zero attached hydrogens (tertiary/aromatic N) is 1. The normalized spacial score (nSPS) is 20.0. The van der Waals surface area contributed by atoms with Gasteiger partial charge in [-0.1, -0.05) is 6.07 Å². The summed E-state index contributed by atoms with van der Waals surface area (Å²) >= 11 is 0. The highest BCUT2D eigenvalue weighted by Crippen LogP contribution is 2.41. The Bertz CT molecular complexity index is 901. The molecule has 1 aliphatic carbocycles. The van der Waals surface area contributed by atoms with E-state index >= 15 is 0 Å². The van der Waals surface area contributed by atoms with Crippen LogP contribution in [0.4, 0.5) is 26.3 Å². The summed E-state index contributed by atoms with van der Waals surface area (Å²) in [6.07, 6.45) is -6.84. The lowest BCUT2D eigenvalue weighted by atomic mass is 9.82. The number of carbonyl (C=O) groups is 1. The van der Waals surface area contributed by atoms with Crippen molar-refractivity contribution in [3.05, 3.63) is 29.3 Å². The maximum atomic E-state index is 14.8. The number of aromatic amines is 1. The van der Waals surface area contributed by atoms with E-state index < -0.39 is 47.8 Å². The fraction of sp³-hybridized carbons (Fsp3) is 0.556. The van der Waals surface area contributed by atoms with E-state index in [2.05, 4.69) is 9.97 Å². The van der Waals surface area contributed by atoms with Crippen LogP contribution in [0.15, 0.2) is 12.1 Å². The number of benzene rings is 1. The van der Waals surface area contributed by atoms with Crippen molar-refractivity contribution in [1.29, 1.82) is 0 Å². The predicted molar refractivity (Wildman–Crippen MR) is 90.9 cm³/mol. The van der Waals surface area contributed by atoms with Crippen molar-refractivity contribution in [2.45, 2.75) is 56.2 Å². The summed E-state index contributed by atoms with van der Waals surface area (Å²) in [4.78, 5) is 18.0. The van der Waals surface area contributed by atoms with Crippen LogP contribution in [0.5, 0.6) is 0 Å². The monoisotopic (exact) mass is 423 g/mol. The number of carboxylic acid groups (broad SMARTS) is 1. The number of rotatable bonds is 5. The number of H-pyrrole nitrogens is 1. The first-order chi connectivity index (χ1) is 13.4. The van der Waals surface area contributed by atoms with Gasteiger partial charge in [0, 0.05) is 18.4 Å². The van der Waals surface area contributed by atoms with Crippen LogP contribution in [0.3, 0.4) is 0 Å². The third-order valence-electron chi connectivity index (χ3n) is 5.34. The number of nitrogens with one attached hydrogen (secondary N) is 1. The molecule has 11 heteroatoms. The van der Waals surface area contributed by atoms with E-state index in [4.69, 9.17) is 10.8 Å². The van der Waals surface area contributed by atoms with Gasteiger partial charge in [0.05, 0.1) is 23.9 Å². The van der Waals surface area contributed by atoms with Gasteiger partial charge in [0.1, 0.15) is 11.3 Å². The van der Waals surface area contributed by atoms with Gasteiger partial charge in [0.25, 0.3) is 0 Å². The number of fused-ring (bicyclic) bond motifs is 1. The average Bonchev–Trinajstić information content (AvgIpc) is 3.04. The predicted octanol–water partition coefficient (Wildman–Crippen LogP) is 4.65. The molecule has 0 unspecified atom stereocenters. The van der Waals surface area contributed by atoms with E-state index in [1.807, 2.05) is 0 Å². The number of aliphatic carboxylic acids is 1. The first-order valence-electron chi connectivity index (χ1n) is 8.99. The van der Waals surface area contributed by atoms with Gasteiger partial charge in [-0.25, -0.2) is 18.2 Å². The molecule has 1 saturated carbocycles.